The van der Waals surface area contributed by atoms with Crippen LogP contribution in [0.2, 0.25) is 0 Å². The lowest BCUT2D eigenvalue weighted by molar-refractivity contribution is -0.379. The summed E-state index contributed by atoms with van der Waals surface area (Å²) >= 11 is 0. The molecule has 19 nitrogen and oxygen atoms in total. The first-order valence-electron chi connectivity index (χ1n) is 29.6. The summed E-state index contributed by atoms with van der Waals surface area (Å²) in [5.41, 5.74) is 0. The van der Waals surface area contributed by atoms with Crippen molar-refractivity contribution in [2.24, 2.45) is 0 Å². The van der Waals surface area contributed by atoms with E-state index >= 15 is 0 Å². The van der Waals surface area contributed by atoms with Gasteiger partial charge in [-0.3, -0.25) is 4.79 Å². The lowest BCUT2D eigenvalue weighted by Crippen LogP contribution is -2.66. The number of carbonyl (C=O) groups is 1. The third-order valence-corrected chi connectivity index (χ3v) is 15.0. The smallest absolute Gasteiger partial charge is 0.220 e. The number of carbonyl (C=O) groups excluding carboxylic acids is 1. The number of unbranched alkanes of at least 4 members (excludes halogenated alkanes) is 23. The van der Waals surface area contributed by atoms with Crippen LogP contribution in [0.25, 0.3) is 0 Å². The Morgan fingerprint density at radius 1 is 0.474 bits per heavy atom. The standard InChI is InChI=1S/C57H105NO18/c1-3-5-7-9-11-13-15-17-18-19-20-21-23-24-26-28-30-32-34-41(62)40(58-45(63)35-33-31-29-27-25-22-16-14-12-10-8-6-4-2)39-71-55-51(69)48(66)53(43(37-60)73-55)76-57-52(70)49(67)54(44(38-61)74-57)75-56-50(68)47(65)46(64)42(36-59)72-56/h8,10,14,16,40-44,46-57,59-62,64-70H,3-7,9,11-13,15,17-39H2,1-2H3,(H,58,63)/b10-8-,16-14-. The van der Waals surface area contributed by atoms with E-state index in [-0.39, 0.29) is 18.9 Å². The summed E-state index contributed by atoms with van der Waals surface area (Å²) in [5, 5.41) is 120. The number of nitrogens with one attached hydrogen (secondary N) is 1. The fourth-order valence-electron chi connectivity index (χ4n) is 10.1. The highest BCUT2D eigenvalue weighted by molar-refractivity contribution is 5.76. The molecule has 3 aliphatic heterocycles. The van der Waals surface area contributed by atoms with Crippen molar-refractivity contribution in [3.05, 3.63) is 24.3 Å². The van der Waals surface area contributed by atoms with Crippen molar-refractivity contribution >= 4 is 5.91 Å². The average Bonchev–Trinajstić information content (AvgIpc) is 3.41. The van der Waals surface area contributed by atoms with E-state index in [0.29, 0.717) is 12.8 Å². The van der Waals surface area contributed by atoms with Gasteiger partial charge in [-0.05, 0) is 38.5 Å². The SMILES string of the molecule is CCC/C=C\C/C=C\CCCCCCCC(=O)NC(COC1OC(CO)C(OC2OC(CO)C(OC3OC(CO)C(O)C(O)C3O)C(O)C2O)C(O)C1O)C(O)CCCCCCCCCCCCCCCCCCCC. The molecule has 0 saturated carbocycles. The maximum Gasteiger partial charge on any atom is 0.220 e. The Bertz CT molecular complexity index is 1490. The van der Waals surface area contributed by atoms with Gasteiger partial charge in [-0.1, -0.05) is 179 Å². The molecule has 0 aromatic heterocycles. The third kappa shape index (κ3) is 25.4. The summed E-state index contributed by atoms with van der Waals surface area (Å²) in [5.74, 6) is -0.258. The normalized spacial score (nSPS) is 31.1. The van der Waals surface area contributed by atoms with E-state index in [1.165, 1.54) is 89.9 Å². The lowest BCUT2D eigenvalue weighted by atomic mass is 9.96. The van der Waals surface area contributed by atoms with Crippen molar-refractivity contribution in [1.82, 2.24) is 5.32 Å². The first kappa shape index (κ1) is 68.5. The fourth-order valence-corrected chi connectivity index (χ4v) is 10.1. The van der Waals surface area contributed by atoms with Crippen LogP contribution < -0.4 is 5.32 Å². The van der Waals surface area contributed by atoms with E-state index in [1.54, 1.807) is 0 Å². The number of allylic oxidation sites excluding steroid dienone is 4. The Balaban J connectivity index is 1.50. The number of aliphatic hydroxyl groups excluding tert-OH is 11. The van der Waals surface area contributed by atoms with Crippen LogP contribution in [0.4, 0.5) is 0 Å². The Morgan fingerprint density at radius 3 is 1.39 bits per heavy atom. The molecule has 3 heterocycles. The number of ether oxygens (including phenoxy) is 6. The predicted molar refractivity (Wildman–Crippen MR) is 286 cm³/mol. The number of aliphatic hydroxyl groups is 11. The van der Waals surface area contributed by atoms with Gasteiger partial charge in [-0.15, -0.1) is 0 Å². The van der Waals surface area contributed by atoms with Crippen molar-refractivity contribution in [1.29, 1.82) is 0 Å². The van der Waals surface area contributed by atoms with Crippen LogP contribution in [0.15, 0.2) is 24.3 Å². The van der Waals surface area contributed by atoms with Crippen molar-refractivity contribution in [2.75, 3.05) is 26.4 Å². The Morgan fingerprint density at radius 2 is 0.895 bits per heavy atom. The molecule has 446 valence electrons. The minimum atomic E-state index is -1.97. The lowest BCUT2D eigenvalue weighted by Gasteiger charge is -2.48. The molecule has 0 aromatic rings. The van der Waals surface area contributed by atoms with E-state index in [2.05, 4.69) is 43.5 Å². The minimum absolute atomic E-state index is 0.251. The molecule has 76 heavy (non-hydrogen) atoms. The maximum absolute atomic E-state index is 13.3. The van der Waals surface area contributed by atoms with Crippen LogP contribution in [-0.4, -0.2) is 193 Å². The molecular formula is C57H105NO18. The summed E-state index contributed by atoms with van der Waals surface area (Å²) < 4.78 is 34.3. The average molecular weight is 1090 g/mol. The van der Waals surface area contributed by atoms with Gasteiger partial charge < -0.3 is 89.9 Å². The molecule has 0 radical (unpaired) electrons. The second-order valence-electron chi connectivity index (χ2n) is 21.5. The zero-order valence-corrected chi connectivity index (χ0v) is 46.2. The monoisotopic (exact) mass is 1090 g/mol. The number of hydrogen-bond donors (Lipinski definition) is 12. The molecule has 0 aliphatic carbocycles. The molecule has 17 atom stereocenters. The van der Waals surface area contributed by atoms with Gasteiger partial charge >= 0.3 is 0 Å². The number of amides is 1. The maximum atomic E-state index is 13.3. The molecule has 0 spiro atoms. The molecule has 3 aliphatic rings. The van der Waals surface area contributed by atoms with E-state index in [0.717, 1.165) is 77.0 Å². The second-order valence-corrected chi connectivity index (χ2v) is 21.5. The summed E-state index contributed by atoms with van der Waals surface area (Å²) in [6.07, 6.45) is 14.1. The fraction of sp³-hybridized carbons (Fsp3) is 0.912. The third-order valence-electron chi connectivity index (χ3n) is 15.0. The van der Waals surface area contributed by atoms with Gasteiger partial charge in [0.2, 0.25) is 5.91 Å². The topological polar surface area (TPSA) is 307 Å². The summed E-state index contributed by atoms with van der Waals surface area (Å²) in [6, 6.07) is -0.891. The summed E-state index contributed by atoms with van der Waals surface area (Å²) in [7, 11) is 0. The van der Waals surface area contributed by atoms with Gasteiger partial charge in [0.1, 0.15) is 73.2 Å². The molecule has 17 unspecified atom stereocenters. The molecule has 0 aromatic carbocycles. The van der Waals surface area contributed by atoms with Crippen molar-refractivity contribution in [3.8, 4) is 0 Å². The molecule has 19 heteroatoms. The molecule has 0 bridgehead atoms. The van der Waals surface area contributed by atoms with E-state index < -0.39 is 124 Å². The first-order valence-corrected chi connectivity index (χ1v) is 29.6. The summed E-state index contributed by atoms with van der Waals surface area (Å²) in [4.78, 5) is 13.3. The Labute approximate surface area is 454 Å². The minimum Gasteiger partial charge on any atom is -0.394 e. The Kier molecular flexibility index (Phi) is 37.2. The van der Waals surface area contributed by atoms with Gasteiger partial charge in [0, 0.05) is 6.42 Å². The quantitative estimate of drug-likeness (QED) is 0.0289. The highest BCUT2D eigenvalue weighted by Gasteiger charge is 2.53. The molecule has 1 amide bonds. The molecule has 3 rings (SSSR count). The van der Waals surface area contributed by atoms with E-state index in [4.69, 9.17) is 28.4 Å². The van der Waals surface area contributed by atoms with Gasteiger partial charge in [-0.2, -0.15) is 0 Å². The summed E-state index contributed by atoms with van der Waals surface area (Å²) in [6.45, 7) is 1.71. The van der Waals surface area contributed by atoms with Crippen molar-refractivity contribution < 1.29 is 89.4 Å². The molecular weight excluding hydrogens is 987 g/mol. The van der Waals surface area contributed by atoms with E-state index in [9.17, 15) is 61.0 Å². The number of hydrogen-bond acceptors (Lipinski definition) is 18. The molecule has 3 saturated heterocycles. The van der Waals surface area contributed by atoms with Crippen LogP contribution in [-0.2, 0) is 33.2 Å². The zero-order chi connectivity index (χ0) is 55.5. The van der Waals surface area contributed by atoms with Crippen molar-refractivity contribution in [2.45, 2.75) is 304 Å². The Hall–Kier alpha value is -1.73. The second kappa shape index (κ2) is 41.3. The number of rotatable bonds is 43. The van der Waals surface area contributed by atoms with Crippen LogP contribution in [0.3, 0.4) is 0 Å². The zero-order valence-electron chi connectivity index (χ0n) is 46.2. The van der Waals surface area contributed by atoms with Gasteiger partial charge in [-0.25, -0.2) is 0 Å². The van der Waals surface area contributed by atoms with Crippen LogP contribution in [0, 0.1) is 0 Å². The highest BCUT2D eigenvalue weighted by Crippen LogP contribution is 2.33. The molecule has 12 N–H and O–H groups in total. The van der Waals surface area contributed by atoms with Gasteiger partial charge in [0.05, 0.1) is 38.6 Å². The van der Waals surface area contributed by atoms with Crippen LogP contribution in [0.5, 0.6) is 0 Å². The first-order chi connectivity index (χ1) is 36.8. The van der Waals surface area contributed by atoms with Crippen molar-refractivity contribution in [3.63, 3.8) is 0 Å². The van der Waals surface area contributed by atoms with Gasteiger partial charge in [0.25, 0.3) is 0 Å². The largest absolute Gasteiger partial charge is 0.394 e. The van der Waals surface area contributed by atoms with Gasteiger partial charge in [0.15, 0.2) is 18.9 Å². The highest BCUT2D eigenvalue weighted by atomic mass is 16.8. The molecule has 3 fully saturated rings. The van der Waals surface area contributed by atoms with E-state index in [1.807, 2.05) is 0 Å². The predicted octanol–water partition coefficient (Wildman–Crippen LogP) is 4.76. The van der Waals surface area contributed by atoms with Crippen LogP contribution in [0.1, 0.15) is 200 Å². The van der Waals surface area contributed by atoms with Crippen LogP contribution >= 0.6 is 0 Å².